The fourth-order valence-electron chi connectivity index (χ4n) is 0.662. The third-order valence-electron chi connectivity index (χ3n) is 1.18. The van der Waals surface area contributed by atoms with Crippen LogP contribution < -0.4 is 5.69 Å². The van der Waals surface area contributed by atoms with Crippen molar-refractivity contribution in [3.63, 3.8) is 0 Å². The third-order valence-corrected chi connectivity index (χ3v) is 1.18. The first kappa shape index (κ1) is 6.62. The molecule has 1 heterocycles. The van der Waals surface area contributed by atoms with E-state index in [1.807, 2.05) is 0 Å². The molecule has 1 rings (SSSR count). The first-order valence-electron chi connectivity index (χ1n) is 2.77. The molecule has 0 radical (unpaired) electrons. The molecular formula is C6H7N3O. The molecule has 0 aliphatic heterocycles. The van der Waals surface area contributed by atoms with Crippen LogP contribution in [0.3, 0.4) is 0 Å². The first-order valence-corrected chi connectivity index (χ1v) is 2.77. The Balaban J connectivity index is 3.13. The smallest absolute Gasteiger partial charge is 0.272 e. The number of aryl methyl sites for hydroxylation is 1. The lowest BCUT2D eigenvalue weighted by Gasteiger charge is -1.97. The Morgan fingerprint density at radius 1 is 1.90 bits per heavy atom. The largest absolute Gasteiger partial charge is 0.364 e. The zero-order valence-corrected chi connectivity index (χ0v) is 5.61. The summed E-state index contributed by atoms with van der Waals surface area (Å²) in [4.78, 5) is 14.3. The minimum absolute atomic E-state index is 0.273. The van der Waals surface area contributed by atoms with E-state index in [9.17, 15) is 4.79 Å². The Morgan fingerprint density at radius 3 is 3.00 bits per heavy atom. The summed E-state index contributed by atoms with van der Waals surface area (Å²) in [5.74, 6) is 2.35. The molecule has 0 amide bonds. The number of aromatic nitrogens is 3. The maximum atomic E-state index is 10.8. The van der Waals surface area contributed by atoms with Gasteiger partial charge in [0.2, 0.25) is 0 Å². The average Bonchev–Trinajstić information content (AvgIpc) is 2.20. The lowest BCUT2D eigenvalue weighted by molar-refractivity contribution is 0.550. The van der Waals surface area contributed by atoms with Gasteiger partial charge < -0.3 is 0 Å². The fourth-order valence-corrected chi connectivity index (χ4v) is 0.662. The lowest BCUT2D eigenvalue weighted by atomic mass is 10.7. The van der Waals surface area contributed by atoms with Crippen molar-refractivity contribution in [2.45, 2.75) is 6.54 Å². The minimum Gasteiger partial charge on any atom is -0.272 e. The van der Waals surface area contributed by atoms with Crippen LogP contribution in [0.5, 0.6) is 0 Å². The highest BCUT2D eigenvalue weighted by Gasteiger charge is 1.96. The highest BCUT2D eigenvalue weighted by atomic mass is 16.2. The van der Waals surface area contributed by atoms with Crippen molar-refractivity contribution in [2.75, 3.05) is 0 Å². The van der Waals surface area contributed by atoms with Crippen LogP contribution in [0.25, 0.3) is 0 Å². The summed E-state index contributed by atoms with van der Waals surface area (Å²) in [5.41, 5.74) is -0.305. The summed E-state index contributed by atoms with van der Waals surface area (Å²) in [5, 5.41) is 0. The van der Waals surface area contributed by atoms with Crippen molar-refractivity contribution in [3.8, 4) is 12.3 Å². The molecule has 10 heavy (non-hydrogen) atoms. The maximum absolute atomic E-state index is 10.8. The van der Waals surface area contributed by atoms with Gasteiger partial charge in [0.15, 0.2) is 0 Å². The van der Waals surface area contributed by atoms with Gasteiger partial charge >= 0.3 is 5.69 Å². The van der Waals surface area contributed by atoms with E-state index in [1.54, 1.807) is 11.7 Å². The fraction of sp³-hybridized carbons (Fsp3) is 0.333. The van der Waals surface area contributed by atoms with Crippen molar-refractivity contribution >= 4 is 0 Å². The number of nitrogens with zero attached hydrogens (tertiary/aromatic N) is 3. The van der Waals surface area contributed by atoms with Crippen LogP contribution in [0.2, 0.25) is 0 Å². The van der Waals surface area contributed by atoms with Gasteiger partial charge in [-0.25, -0.2) is 9.48 Å². The summed E-state index contributed by atoms with van der Waals surface area (Å²) in [6.07, 6.45) is 6.44. The van der Waals surface area contributed by atoms with Crippen LogP contribution >= 0.6 is 0 Å². The normalized spacial score (nSPS) is 9.20. The summed E-state index contributed by atoms with van der Waals surface area (Å²) >= 11 is 0. The van der Waals surface area contributed by atoms with E-state index in [2.05, 4.69) is 10.9 Å². The van der Waals surface area contributed by atoms with Gasteiger partial charge in [-0.15, -0.1) is 6.42 Å². The first-order chi connectivity index (χ1) is 4.75. The van der Waals surface area contributed by atoms with Gasteiger partial charge in [-0.05, 0) is 0 Å². The topological polar surface area (TPSA) is 39.8 Å². The molecule has 0 aromatic carbocycles. The molecule has 0 saturated carbocycles. The molecule has 4 nitrogen and oxygen atoms in total. The number of hydrogen-bond donors (Lipinski definition) is 0. The van der Waals surface area contributed by atoms with Crippen LogP contribution in [-0.2, 0) is 13.6 Å². The van der Waals surface area contributed by atoms with Gasteiger partial charge in [0.05, 0.1) is 0 Å². The Labute approximate surface area is 58.1 Å². The lowest BCUT2D eigenvalue weighted by Crippen LogP contribution is -2.21. The second-order valence-corrected chi connectivity index (χ2v) is 1.86. The van der Waals surface area contributed by atoms with Crippen molar-refractivity contribution in [3.05, 3.63) is 16.8 Å². The Kier molecular flexibility index (Phi) is 1.59. The predicted molar refractivity (Wildman–Crippen MR) is 36.3 cm³/mol. The molecule has 0 aliphatic carbocycles. The molecule has 1 aromatic rings. The van der Waals surface area contributed by atoms with Gasteiger partial charge in [-0.3, -0.25) is 4.68 Å². The predicted octanol–water partition coefficient (Wildman–Crippen LogP) is -0.785. The Bertz CT molecular complexity index is 314. The highest BCUT2D eigenvalue weighted by Crippen LogP contribution is 1.75. The molecule has 0 atom stereocenters. The van der Waals surface area contributed by atoms with E-state index in [4.69, 9.17) is 6.42 Å². The van der Waals surface area contributed by atoms with Crippen LogP contribution in [0.4, 0.5) is 0 Å². The molecular weight excluding hydrogens is 130 g/mol. The van der Waals surface area contributed by atoms with Gasteiger partial charge in [-0.1, -0.05) is 5.92 Å². The molecule has 52 valence electrons. The van der Waals surface area contributed by atoms with Crippen LogP contribution in [0, 0.1) is 12.3 Å². The van der Waals surface area contributed by atoms with Crippen molar-refractivity contribution in [2.24, 2.45) is 7.05 Å². The molecule has 4 heteroatoms. The summed E-state index contributed by atoms with van der Waals surface area (Å²) in [6, 6.07) is 0. The van der Waals surface area contributed by atoms with E-state index in [0.29, 0.717) is 0 Å². The van der Waals surface area contributed by atoms with E-state index in [1.165, 1.54) is 11.0 Å². The molecule has 0 bridgehead atoms. The summed E-state index contributed by atoms with van der Waals surface area (Å²) < 4.78 is 2.92. The van der Waals surface area contributed by atoms with Gasteiger partial charge in [0.25, 0.3) is 0 Å². The molecule has 0 saturated heterocycles. The van der Waals surface area contributed by atoms with Crippen molar-refractivity contribution in [1.29, 1.82) is 0 Å². The standard InChI is InChI=1S/C6H7N3O/c1-3-4-9-6(10)7-5-8(9)2/h1,5H,4H2,2H3. The number of hydrogen-bond acceptors (Lipinski definition) is 2. The van der Waals surface area contributed by atoms with Crippen molar-refractivity contribution < 1.29 is 0 Å². The van der Waals surface area contributed by atoms with Crippen LogP contribution in [0.15, 0.2) is 11.1 Å². The second-order valence-electron chi connectivity index (χ2n) is 1.86. The molecule has 0 unspecified atom stereocenters. The van der Waals surface area contributed by atoms with Gasteiger partial charge in [0.1, 0.15) is 12.9 Å². The maximum Gasteiger partial charge on any atom is 0.364 e. The minimum atomic E-state index is -0.305. The second kappa shape index (κ2) is 2.40. The Hall–Kier alpha value is -1.50. The van der Waals surface area contributed by atoms with Crippen molar-refractivity contribution in [1.82, 2.24) is 14.3 Å². The molecule has 0 N–H and O–H groups in total. The van der Waals surface area contributed by atoms with Gasteiger partial charge in [0, 0.05) is 7.05 Å². The van der Waals surface area contributed by atoms with Crippen LogP contribution in [0.1, 0.15) is 0 Å². The average molecular weight is 137 g/mol. The number of terminal acetylenes is 1. The van der Waals surface area contributed by atoms with E-state index < -0.39 is 0 Å². The monoisotopic (exact) mass is 137 g/mol. The van der Waals surface area contributed by atoms with Gasteiger partial charge in [-0.2, -0.15) is 4.98 Å². The summed E-state index contributed by atoms with van der Waals surface area (Å²) in [7, 11) is 1.71. The summed E-state index contributed by atoms with van der Waals surface area (Å²) in [6.45, 7) is 0.273. The Morgan fingerprint density at radius 2 is 2.60 bits per heavy atom. The zero-order valence-electron chi connectivity index (χ0n) is 5.61. The third kappa shape index (κ3) is 0.935. The zero-order chi connectivity index (χ0) is 7.56. The van der Waals surface area contributed by atoms with E-state index in [-0.39, 0.29) is 12.2 Å². The molecule has 0 fully saturated rings. The number of rotatable bonds is 1. The molecule has 1 aromatic heterocycles. The molecule has 0 spiro atoms. The van der Waals surface area contributed by atoms with Crippen LogP contribution in [-0.4, -0.2) is 14.3 Å². The quantitative estimate of drug-likeness (QED) is 0.476. The SMILES string of the molecule is C#CCn1c(=O)ncn1C. The van der Waals surface area contributed by atoms with E-state index in [0.717, 1.165) is 0 Å². The molecule has 0 aliphatic rings. The highest BCUT2D eigenvalue weighted by molar-refractivity contribution is 4.84. The van der Waals surface area contributed by atoms with E-state index >= 15 is 0 Å².